The molecule has 28 heavy (non-hydrogen) atoms. The Labute approximate surface area is 164 Å². The number of aryl methyl sites for hydroxylation is 3. The highest BCUT2D eigenvalue weighted by molar-refractivity contribution is 7.92. The topological polar surface area (TPSA) is 63.5 Å². The number of fused-ring (bicyclic) bond motifs is 1. The van der Waals surface area contributed by atoms with Crippen molar-refractivity contribution in [1.29, 1.82) is 0 Å². The largest absolute Gasteiger partial charge is 0.306 e. The number of nitrogens with one attached hydrogen (secondary N) is 1. The number of anilines is 1. The fourth-order valence-corrected chi connectivity index (χ4v) is 4.60. The molecule has 142 valence electrons. The number of benzene rings is 2. The Bertz CT molecular complexity index is 1270. The van der Waals surface area contributed by atoms with E-state index in [-0.39, 0.29) is 0 Å². The first-order valence-corrected chi connectivity index (χ1v) is 10.5. The van der Waals surface area contributed by atoms with Gasteiger partial charge in [-0.1, -0.05) is 30.3 Å². The standard InChI is InChI=1S/C22H21N3O2S/c1-15-6-7-16(2)21(13-15)28(26,27)24-19-10-8-18(9-11-19)20-14-25-12-4-5-17(3)22(25)23-20/h4-14,24H,1-3H3. The second-order valence-corrected chi connectivity index (χ2v) is 8.65. The Kier molecular flexibility index (Phi) is 4.43. The van der Waals surface area contributed by atoms with Gasteiger partial charge in [0.05, 0.1) is 10.6 Å². The number of aromatic nitrogens is 2. The summed E-state index contributed by atoms with van der Waals surface area (Å²) in [6.45, 7) is 5.70. The Morgan fingerprint density at radius 1 is 0.929 bits per heavy atom. The normalized spacial score (nSPS) is 11.7. The van der Waals surface area contributed by atoms with Crippen LogP contribution >= 0.6 is 0 Å². The summed E-state index contributed by atoms with van der Waals surface area (Å²) in [7, 11) is -3.64. The zero-order chi connectivity index (χ0) is 19.9. The Balaban J connectivity index is 1.62. The lowest BCUT2D eigenvalue weighted by Gasteiger charge is -2.11. The highest BCUT2D eigenvalue weighted by Gasteiger charge is 2.17. The van der Waals surface area contributed by atoms with Crippen molar-refractivity contribution < 1.29 is 8.42 Å². The Morgan fingerprint density at radius 3 is 2.39 bits per heavy atom. The lowest BCUT2D eigenvalue weighted by molar-refractivity contribution is 0.600. The van der Waals surface area contributed by atoms with Crippen molar-refractivity contribution in [2.75, 3.05) is 4.72 Å². The minimum absolute atomic E-state index is 0.299. The third-order valence-corrected chi connectivity index (χ3v) is 6.27. The lowest BCUT2D eigenvalue weighted by atomic mass is 10.1. The van der Waals surface area contributed by atoms with Gasteiger partial charge in [-0.15, -0.1) is 0 Å². The third kappa shape index (κ3) is 3.39. The average molecular weight is 391 g/mol. The number of sulfonamides is 1. The molecule has 0 saturated carbocycles. The van der Waals surface area contributed by atoms with Crippen LogP contribution in [-0.2, 0) is 10.0 Å². The monoisotopic (exact) mass is 391 g/mol. The second-order valence-electron chi connectivity index (χ2n) is 7.00. The van der Waals surface area contributed by atoms with Gasteiger partial charge in [-0.05, 0) is 61.7 Å². The SMILES string of the molecule is Cc1ccc(C)c(S(=O)(=O)Nc2ccc(-c3cn4cccc(C)c4n3)cc2)c1. The van der Waals surface area contributed by atoms with Crippen molar-refractivity contribution in [1.82, 2.24) is 9.38 Å². The molecule has 0 aliphatic rings. The number of imidazole rings is 1. The molecule has 0 fully saturated rings. The maximum Gasteiger partial charge on any atom is 0.262 e. The summed E-state index contributed by atoms with van der Waals surface area (Å²) in [5.74, 6) is 0. The minimum atomic E-state index is -3.64. The van der Waals surface area contributed by atoms with Crippen LogP contribution in [0.25, 0.3) is 16.9 Å². The van der Waals surface area contributed by atoms with Crippen LogP contribution in [0.1, 0.15) is 16.7 Å². The number of rotatable bonds is 4. The molecule has 0 saturated heterocycles. The summed E-state index contributed by atoms with van der Waals surface area (Å²) in [6, 6.07) is 16.7. The van der Waals surface area contributed by atoms with Gasteiger partial charge in [0, 0.05) is 23.6 Å². The zero-order valence-electron chi connectivity index (χ0n) is 16.0. The van der Waals surface area contributed by atoms with Gasteiger partial charge in [0.15, 0.2) is 0 Å². The molecule has 0 spiro atoms. The Morgan fingerprint density at radius 2 is 1.68 bits per heavy atom. The predicted molar refractivity (Wildman–Crippen MR) is 112 cm³/mol. The van der Waals surface area contributed by atoms with Crippen LogP contribution in [0.3, 0.4) is 0 Å². The second kappa shape index (κ2) is 6.80. The number of hydrogen-bond acceptors (Lipinski definition) is 3. The molecular weight excluding hydrogens is 370 g/mol. The molecule has 0 unspecified atom stereocenters. The van der Waals surface area contributed by atoms with Crippen molar-refractivity contribution in [3.05, 3.63) is 83.7 Å². The molecule has 0 aliphatic carbocycles. The van der Waals surface area contributed by atoms with E-state index in [0.29, 0.717) is 10.6 Å². The van der Waals surface area contributed by atoms with Crippen LogP contribution in [0.5, 0.6) is 0 Å². The summed E-state index contributed by atoms with van der Waals surface area (Å²) in [4.78, 5) is 4.98. The van der Waals surface area contributed by atoms with Crippen molar-refractivity contribution in [3.8, 4) is 11.3 Å². The Hall–Kier alpha value is -3.12. The maximum atomic E-state index is 12.8. The summed E-state index contributed by atoms with van der Waals surface area (Å²) in [6.07, 6.45) is 3.93. The summed E-state index contributed by atoms with van der Waals surface area (Å²) in [5.41, 5.74) is 5.93. The van der Waals surface area contributed by atoms with E-state index in [1.165, 1.54) is 0 Å². The molecule has 0 aliphatic heterocycles. The molecule has 0 amide bonds. The highest BCUT2D eigenvalue weighted by atomic mass is 32.2. The van der Waals surface area contributed by atoms with Crippen molar-refractivity contribution in [2.45, 2.75) is 25.7 Å². The quantitative estimate of drug-likeness (QED) is 0.547. The fourth-order valence-electron chi connectivity index (χ4n) is 3.21. The van der Waals surface area contributed by atoms with Crippen LogP contribution in [0.2, 0.25) is 0 Å². The molecular formula is C22H21N3O2S. The summed E-state index contributed by atoms with van der Waals surface area (Å²) in [5, 5.41) is 0. The van der Waals surface area contributed by atoms with E-state index in [0.717, 1.165) is 33.6 Å². The lowest BCUT2D eigenvalue weighted by Crippen LogP contribution is -2.14. The fraction of sp³-hybridized carbons (Fsp3) is 0.136. The average Bonchev–Trinajstić information content (AvgIpc) is 3.10. The first-order valence-electron chi connectivity index (χ1n) is 8.98. The van der Waals surface area contributed by atoms with Crippen LogP contribution in [0.15, 0.2) is 71.9 Å². The van der Waals surface area contributed by atoms with Gasteiger partial charge in [0.25, 0.3) is 10.0 Å². The van der Waals surface area contributed by atoms with Crippen molar-refractivity contribution in [2.24, 2.45) is 0 Å². The number of hydrogen-bond donors (Lipinski definition) is 1. The number of nitrogens with zero attached hydrogens (tertiary/aromatic N) is 2. The summed E-state index contributed by atoms with van der Waals surface area (Å²) < 4.78 is 30.2. The van der Waals surface area contributed by atoms with Gasteiger partial charge in [0.2, 0.25) is 0 Å². The van der Waals surface area contributed by atoms with Gasteiger partial charge in [-0.2, -0.15) is 0 Å². The molecule has 2 heterocycles. The zero-order valence-corrected chi connectivity index (χ0v) is 16.8. The molecule has 0 radical (unpaired) electrons. The van der Waals surface area contributed by atoms with Gasteiger partial charge < -0.3 is 4.40 Å². The summed E-state index contributed by atoms with van der Waals surface area (Å²) >= 11 is 0. The molecule has 6 heteroatoms. The molecule has 2 aromatic carbocycles. The van der Waals surface area contributed by atoms with E-state index in [2.05, 4.69) is 9.71 Å². The molecule has 4 aromatic rings. The van der Waals surface area contributed by atoms with E-state index >= 15 is 0 Å². The van der Waals surface area contributed by atoms with Gasteiger partial charge in [-0.3, -0.25) is 4.72 Å². The van der Waals surface area contributed by atoms with Gasteiger partial charge in [0.1, 0.15) is 5.65 Å². The van der Waals surface area contributed by atoms with Crippen molar-refractivity contribution >= 4 is 21.4 Å². The predicted octanol–water partition coefficient (Wildman–Crippen LogP) is 4.73. The highest BCUT2D eigenvalue weighted by Crippen LogP contribution is 2.25. The van der Waals surface area contributed by atoms with E-state index in [4.69, 9.17) is 0 Å². The maximum absolute atomic E-state index is 12.8. The number of pyridine rings is 1. The van der Waals surface area contributed by atoms with Crippen LogP contribution in [0, 0.1) is 20.8 Å². The van der Waals surface area contributed by atoms with Crippen molar-refractivity contribution in [3.63, 3.8) is 0 Å². The smallest absolute Gasteiger partial charge is 0.262 e. The van der Waals surface area contributed by atoms with Crippen LogP contribution < -0.4 is 4.72 Å². The first kappa shape index (κ1) is 18.3. The molecule has 0 bridgehead atoms. The van der Waals surface area contributed by atoms with E-state index in [1.54, 1.807) is 25.1 Å². The molecule has 4 rings (SSSR count). The molecule has 1 N–H and O–H groups in total. The van der Waals surface area contributed by atoms with E-state index in [9.17, 15) is 8.42 Å². The van der Waals surface area contributed by atoms with Gasteiger partial charge >= 0.3 is 0 Å². The van der Waals surface area contributed by atoms with E-state index < -0.39 is 10.0 Å². The van der Waals surface area contributed by atoms with Crippen LogP contribution in [0.4, 0.5) is 5.69 Å². The van der Waals surface area contributed by atoms with Crippen LogP contribution in [-0.4, -0.2) is 17.8 Å². The molecule has 5 nitrogen and oxygen atoms in total. The molecule has 0 atom stereocenters. The molecule has 2 aromatic heterocycles. The third-order valence-electron chi connectivity index (χ3n) is 4.74. The van der Waals surface area contributed by atoms with E-state index in [1.807, 2.05) is 67.0 Å². The van der Waals surface area contributed by atoms with Gasteiger partial charge in [-0.25, -0.2) is 13.4 Å². The first-order chi connectivity index (χ1) is 13.3. The minimum Gasteiger partial charge on any atom is -0.306 e.